The zero-order chi connectivity index (χ0) is 22.1. The van der Waals surface area contributed by atoms with E-state index >= 15 is 0 Å². The first-order chi connectivity index (χ1) is 14.3. The summed E-state index contributed by atoms with van der Waals surface area (Å²) >= 11 is 0. The SMILES string of the molecule is Cc1ccccc1CN(C)CCCCn1c(=O)oc2ccccc21.O=C(O)C(=O)O. The molecule has 0 aliphatic heterocycles. The Balaban J connectivity index is 0.000000469. The number of carboxylic acid groups (broad SMARTS) is 2. The van der Waals surface area contributed by atoms with Gasteiger partial charge < -0.3 is 19.5 Å². The lowest BCUT2D eigenvalue weighted by Crippen LogP contribution is -2.21. The predicted octanol–water partition coefficient (Wildman–Crippen LogP) is 2.97. The highest BCUT2D eigenvalue weighted by Gasteiger charge is 2.08. The monoisotopic (exact) mass is 414 g/mol. The summed E-state index contributed by atoms with van der Waals surface area (Å²) in [6, 6.07) is 16.1. The number of aryl methyl sites for hydroxylation is 2. The number of aliphatic carboxylic acids is 2. The van der Waals surface area contributed by atoms with Crippen molar-refractivity contribution in [2.45, 2.75) is 32.9 Å². The Morgan fingerprint density at radius 3 is 2.30 bits per heavy atom. The van der Waals surface area contributed by atoms with E-state index in [0.29, 0.717) is 12.1 Å². The highest BCUT2D eigenvalue weighted by atomic mass is 16.4. The first-order valence-corrected chi connectivity index (χ1v) is 9.57. The number of aromatic nitrogens is 1. The zero-order valence-corrected chi connectivity index (χ0v) is 17.1. The van der Waals surface area contributed by atoms with Crippen LogP contribution in [0.5, 0.6) is 0 Å². The highest BCUT2D eigenvalue weighted by molar-refractivity contribution is 6.27. The molecule has 0 unspecified atom stereocenters. The van der Waals surface area contributed by atoms with Crippen LogP contribution in [-0.4, -0.2) is 45.2 Å². The number of carbonyl (C=O) groups is 2. The third kappa shape index (κ3) is 6.59. The van der Waals surface area contributed by atoms with Gasteiger partial charge in [-0.2, -0.15) is 0 Å². The van der Waals surface area contributed by atoms with Gasteiger partial charge in [-0.05, 0) is 56.6 Å². The number of oxazole rings is 1. The molecule has 1 heterocycles. The summed E-state index contributed by atoms with van der Waals surface area (Å²) in [6.45, 7) is 4.83. The Kier molecular flexibility index (Phi) is 8.37. The fraction of sp³-hybridized carbons (Fsp3) is 0.318. The van der Waals surface area contributed by atoms with E-state index in [-0.39, 0.29) is 5.76 Å². The molecule has 0 aliphatic carbocycles. The molecule has 30 heavy (non-hydrogen) atoms. The third-order valence-electron chi connectivity index (χ3n) is 4.63. The van der Waals surface area contributed by atoms with Gasteiger partial charge in [-0.1, -0.05) is 36.4 Å². The fourth-order valence-electron chi connectivity index (χ4n) is 3.03. The molecule has 0 radical (unpaired) electrons. The van der Waals surface area contributed by atoms with Gasteiger partial charge >= 0.3 is 17.7 Å². The summed E-state index contributed by atoms with van der Waals surface area (Å²) in [7, 11) is 2.14. The Bertz CT molecular complexity index is 1040. The van der Waals surface area contributed by atoms with Gasteiger partial charge in [0.2, 0.25) is 0 Å². The van der Waals surface area contributed by atoms with E-state index in [0.717, 1.165) is 31.4 Å². The maximum absolute atomic E-state index is 11.9. The standard InChI is InChI=1S/C20H24N2O2.C2H2O4/c1-16-9-3-4-10-17(16)15-21(2)13-7-8-14-22-18-11-5-6-12-19(18)24-20(22)23;3-1(4)2(5)6/h3-6,9-12H,7-8,13-15H2,1-2H3;(H,3,4)(H,5,6). The van der Waals surface area contributed by atoms with Crippen LogP contribution >= 0.6 is 0 Å². The van der Waals surface area contributed by atoms with Crippen LogP contribution in [0.1, 0.15) is 24.0 Å². The van der Waals surface area contributed by atoms with Crippen molar-refractivity contribution in [3.8, 4) is 0 Å². The van der Waals surface area contributed by atoms with Crippen LogP contribution in [0.2, 0.25) is 0 Å². The molecule has 8 nitrogen and oxygen atoms in total. The van der Waals surface area contributed by atoms with E-state index in [2.05, 4.69) is 43.1 Å². The maximum atomic E-state index is 11.9. The molecule has 0 atom stereocenters. The second kappa shape index (κ2) is 11.0. The fourth-order valence-corrected chi connectivity index (χ4v) is 3.03. The van der Waals surface area contributed by atoms with Crippen LogP contribution in [0.15, 0.2) is 57.7 Å². The molecule has 0 saturated heterocycles. The van der Waals surface area contributed by atoms with Crippen molar-refractivity contribution in [2.24, 2.45) is 0 Å². The molecule has 2 N–H and O–H groups in total. The van der Waals surface area contributed by atoms with Crippen molar-refractivity contribution >= 4 is 23.0 Å². The molecule has 8 heteroatoms. The molecule has 0 saturated carbocycles. The van der Waals surface area contributed by atoms with Crippen LogP contribution < -0.4 is 5.76 Å². The number of rotatable bonds is 7. The number of unbranched alkanes of at least 4 members (excludes halogenated alkanes) is 1. The van der Waals surface area contributed by atoms with Crippen LogP contribution in [0.3, 0.4) is 0 Å². The average molecular weight is 414 g/mol. The minimum atomic E-state index is -1.82. The van der Waals surface area contributed by atoms with E-state index in [1.165, 1.54) is 11.1 Å². The summed E-state index contributed by atoms with van der Waals surface area (Å²) in [6.07, 6.45) is 2.01. The molecule has 0 bridgehead atoms. The topological polar surface area (TPSA) is 113 Å². The van der Waals surface area contributed by atoms with Gasteiger partial charge in [0.15, 0.2) is 5.58 Å². The molecule has 3 rings (SSSR count). The van der Waals surface area contributed by atoms with Gasteiger partial charge in [0.25, 0.3) is 0 Å². The Morgan fingerprint density at radius 2 is 1.63 bits per heavy atom. The van der Waals surface area contributed by atoms with Crippen molar-refractivity contribution < 1.29 is 24.2 Å². The van der Waals surface area contributed by atoms with E-state index in [9.17, 15) is 4.79 Å². The van der Waals surface area contributed by atoms with Crippen LogP contribution in [0, 0.1) is 6.92 Å². The number of benzene rings is 2. The summed E-state index contributed by atoms with van der Waals surface area (Å²) in [5.41, 5.74) is 4.26. The number of fused-ring (bicyclic) bond motifs is 1. The largest absolute Gasteiger partial charge is 0.473 e. The average Bonchev–Trinajstić information content (AvgIpc) is 3.02. The van der Waals surface area contributed by atoms with Gasteiger partial charge in [0, 0.05) is 13.1 Å². The molecule has 160 valence electrons. The highest BCUT2D eigenvalue weighted by Crippen LogP contribution is 2.13. The smallest absolute Gasteiger partial charge is 0.419 e. The second-order valence-electron chi connectivity index (χ2n) is 6.97. The molecule has 2 aromatic carbocycles. The first kappa shape index (κ1) is 22.9. The number of para-hydroxylation sites is 2. The van der Waals surface area contributed by atoms with Crippen LogP contribution in [-0.2, 0) is 22.7 Å². The second-order valence-corrected chi connectivity index (χ2v) is 6.97. The van der Waals surface area contributed by atoms with Gasteiger partial charge in [0.05, 0.1) is 5.52 Å². The number of hydrogen-bond acceptors (Lipinski definition) is 5. The summed E-state index contributed by atoms with van der Waals surface area (Å²) < 4.78 is 7.00. The Hall–Kier alpha value is -3.39. The Morgan fingerprint density at radius 1 is 1.00 bits per heavy atom. The van der Waals surface area contributed by atoms with Crippen molar-refractivity contribution in [2.75, 3.05) is 13.6 Å². The molecule has 1 aromatic heterocycles. The quantitative estimate of drug-likeness (QED) is 0.451. The minimum absolute atomic E-state index is 0.260. The summed E-state index contributed by atoms with van der Waals surface area (Å²) in [5, 5.41) is 14.8. The van der Waals surface area contributed by atoms with Crippen molar-refractivity contribution in [1.82, 2.24) is 9.47 Å². The van der Waals surface area contributed by atoms with Gasteiger partial charge in [-0.25, -0.2) is 14.4 Å². The van der Waals surface area contributed by atoms with E-state index in [1.54, 1.807) is 4.57 Å². The lowest BCUT2D eigenvalue weighted by molar-refractivity contribution is -0.159. The lowest BCUT2D eigenvalue weighted by Gasteiger charge is -2.18. The normalized spacial score (nSPS) is 10.6. The lowest BCUT2D eigenvalue weighted by atomic mass is 10.1. The molecular weight excluding hydrogens is 388 g/mol. The molecule has 0 aliphatic rings. The predicted molar refractivity (Wildman–Crippen MR) is 112 cm³/mol. The summed E-state index contributed by atoms with van der Waals surface area (Å²) in [5.74, 6) is -3.91. The third-order valence-corrected chi connectivity index (χ3v) is 4.63. The minimum Gasteiger partial charge on any atom is -0.473 e. The van der Waals surface area contributed by atoms with E-state index < -0.39 is 11.9 Å². The molecule has 0 fully saturated rings. The van der Waals surface area contributed by atoms with Gasteiger partial charge in [-0.3, -0.25) is 4.57 Å². The maximum Gasteiger partial charge on any atom is 0.419 e. The van der Waals surface area contributed by atoms with E-state index in [1.807, 2.05) is 24.3 Å². The van der Waals surface area contributed by atoms with E-state index in [4.69, 9.17) is 24.2 Å². The first-order valence-electron chi connectivity index (χ1n) is 9.57. The van der Waals surface area contributed by atoms with Crippen LogP contribution in [0.25, 0.3) is 11.1 Å². The molecular formula is C22H26N2O6. The van der Waals surface area contributed by atoms with Crippen molar-refractivity contribution in [1.29, 1.82) is 0 Å². The zero-order valence-electron chi connectivity index (χ0n) is 17.1. The van der Waals surface area contributed by atoms with Crippen molar-refractivity contribution in [3.63, 3.8) is 0 Å². The van der Waals surface area contributed by atoms with Crippen LogP contribution in [0.4, 0.5) is 0 Å². The number of nitrogens with zero attached hydrogens (tertiary/aromatic N) is 2. The summed E-state index contributed by atoms with van der Waals surface area (Å²) in [4.78, 5) is 32.5. The van der Waals surface area contributed by atoms with Crippen molar-refractivity contribution in [3.05, 3.63) is 70.2 Å². The molecule has 0 spiro atoms. The molecule has 3 aromatic rings. The number of carboxylic acids is 2. The van der Waals surface area contributed by atoms with Gasteiger partial charge in [-0.15, -0.1) is 0 Å². The van der Waals surface area contributed by atoms with Gasteiger partial charge in [0.1, 0.15) is 0 Å². The molecule has 0 amide bonds. The Labute approximate surface area is 174 Å². The number of hydrogen-bond donors (Lipinski definition) is 2.